The lowest BCUT2D eigenvalue weighted by Crippen LogP contribution is -2.40. The summed E-state index contributed by atoms with van der Waals surface area (Å²) >= 11 is 1.22. The van der Waals surface area contributed by atoms with Gasteiger partial charge in [0.1, 0.15) is 5.69 Å². The van der Waals surface area contributed by atoms with Gasteiger partial charge in [0.15, 0.2) is 5.01 Å². The van der Waals surface area contributed by atoms with Gasteiger partial charge in [-0.3, -0.25) is 19.5 Å². The molecule has 2 fully saturated rings. The molecular formula is C26H33N7O4S2. The van der Waals surface area contributed by atoms with Crippen molar-refractivity contribution in [1.29, 1.82) is 0 Å². The SMILES string of the molecule is CCOc1cncc(-c2cnc(C(=O)N[C@@H](CC3CCCCN3C)c3cc(NS(=O)(=O)C4CC4)ccn3)s2)n1. The Morgan fingerprint density at radius 3 is 2.82 bits per heavy atom. The number of rotatable bonds is 11. The molecule has 0 bridgehead atoms. The van der Waals surface area contributed by atoms with E-state index in [1.165, 1.54) is 11.3 Å². The molecule has 2 atom stereocenters. The van der Waals surface area contributed by atoms with E-state index in [0.29, 0.717) is 58.7 Å². The van der Waals surface area contributed by atoms with Crippen LogP contribution >= 0.6 is 11.3 Å². The van der Waals surface area contributed by atoms with Crippen molar-refractivity contribution in [2.24, 2.45) is 0 Å². The van der Waals surface area contributed by atoms with Crippen molar-refractivity contribution >= 4 is 33.0 Å². The third-order valence-electron chi connectivity index (χ3n) is 6.95. The Morgan fingerprint density at radius 1 is 1.21 bits per heavy atom. The highest BCUT2D eigenvalue weighted by molar-refractivity contribution is 7.93. The third-order valence-corrected chi connectivity index (χ3v) is 9.84. The number of amides is 1. The number of ether oxygens (including phenoxy) is 1. The van der Waals surface area contributed by atoms with Crippen molar-refractivity contribution in [3.8, 4) is 16.5 Å². The van der Waals surface area contributed by atoms with Gasteiger partial charge in [0.05, 0.1) is 46.6 Å². The summed E-state index contributed by atoms with van der Waals surface area (Å²) in [6.45, 7) is 3.35. The maximum absolute atomic E-state index is 13.4. The van der Waals surface area contributed by atoms with E-state index < -0.39 is 16.1 Å². The van der Waals surface area contributed by atoms with E-state index in [9.17, 15) is 13.2 Å². The minimum absolute atomic E-state index is 0.265. The van der Waals surface area contributed by atoms with Gasteiger partial charge in [0.2, 0.25) is 15.9 Å². The number of hydrogen-bond donors (Lipinski definition) is 2. The van der Waals surface area contributed by atoms with Gasteiger partial charge in [-0.15, -0.1) is 11.3 Å². The molecule has 3 aromatic heterocycles. The monoisotopic (exact) mass is 571 g/mol. The highest BCUT2D eigenvalue weighted by Crippen LogP contribution is 2.32. The average Bonchev–Trinajstić information content (AvgIpc) is 3.68. The Bertz CT molecular complexity index is 1410. The second-order valence-corrected chi connectivity index (χ2v) is 12.9. The first-order valence-corrected chi connectivity index (χ1v) is 15.6. The molecule has 2 N–H and O–H groups in total. The van der Waals surface area contributed by atoms with Gasteiger partial charge in [0.25, 0.3) is 5.91 Å². The van der Waals surface area contributed by atoms with Crippen LogP contribution in [0.3, 0.4) is 0 Å². The summed E-state index contributed by atoms with van der Waals surface area (Å²) in [6, 6.07) is 3.19. The van der Waals surface area contributed by atoms with E-state index in [1.54, 1.807) is 36.9 Å². The summed E-state index contributed by atoms with van der Waals surface area (Å²) in [5.74, 6) is 0.0868. The number of aromatic nitrogens is 4. The Labute approximate surface area is 232 Å². The van der Waals surface area contributed by atoms with Gasteiger partial charge in [-0.25, -0.2) is 18.4 Å². The van der Waals surface area contributed by atoms with Crippen LogP contribution < -0.4 is 14.8 Å². The molecule has 208 valence electrons. The summed E-state index contributed by atoms with van der Waals surface area (Å²) < 4.78 is 33.1. The predicted octanol–water partition coefficient (Wildman–Crippen LogP) is 3.64. The summed E-state index contributed by atoms with van der Waals surface area (Å²) in [6.07, 6.45) is 11.6. The summed E-state index contributed by atoms with van der Waals surface area (Å²) in [5.41, 5.74) is 1.63. The van der Waals surface area contributed by atoms with Gasteiger partial charge < -0.3 is 15.0 Å². The molecule has 1 aliphatic carbocycles. The number of hydrogen-bond acceptors (Lipinski definition) is 10. The van der Waals surface area contributed by atoms with Crippen LogP contribution in [0.4, 0.5) is 5.69 Å². The Hall–Kier alpha value is -3.16. The lowest BCUT2D eigenvalue weighted by atomic mass is 9.94. The van der Waals surface area contributed by atoms with E-state index in [4.69, 9.17) is 4.74 Å². The second-order valence-electron chi connectivity index (χ2n) is 9.91. The first kappa shape index (κ1) is 27.4. The van der Waals surface area contributed by atoms with Crippen LogP contribution in [0.15, 0.2) is 36.9 Å². The minimum Gasteiger partial charge on any atom is -0.477 e. The van der Waals surface area contributed by atoms with Crippen LogP contribution in [0, 0.1) is 0 Å². The fourth-order valence-corrected chi connectivity index (χ4v) is 6.85. The first-order chi connectivity index (χ1) is 18.8. The number of carbonyl (C=O) groups excluding carboxylic acids is 1. The molecule has 2 aliphatic rings. The summed E-state index contributed by atoms with van der Waals surface area (Å²) in [4.78, 5) is 33.9. The lowest BCUT2D eigenvalue weighted by molar-refractivity contribution is 0.0915. The number of thiazole rings is 1. The summed E-state index contributed by atoms with van der Waals surface area (Å²) in [7, 11) is -1.32. The van der Waals surface area contributed by atoms with Gasteiger partial charge in [-0.1, -0.05) is 6.42 Å². The molecule has 3 aromatic rings. The number of anilines is 1. The van der Waals surface area contributed by atoms with Crippen molar-refractivity contribution in [1.82, 2.24) is 30.2 Å². The summed E-state index contributed by atoms with van der Waals surface area (Å²) in [5, 5.41) is 3.08. The zero-order valence-corrected chi connectivity index (χ0v) is 23.7. The van der Waals surface area contributed by atoms with Crippen molar-refractivity contribution in [3.05, 3.63) is 47.6 Å². The molecule has 39 heavy (non-hydrogen) atoms. The van der Waals surface area contributed by atoms with Crippen LogP contribution in [-0.4, -0.2) is 70.7 Å². The molecule has 5 rings (SSSR count). The van der Waals surface area contributed by atoms with Gasteiger partial charge in [0, 0.05) is 18.4 Å². The highest BCUT2D eigenvalue weighted by atomic mass is 32.2. The largest absolute Gasteiger partial charge is 0.477 e. The molecule has 1 unspecified atom stereocenters. The second kappa shape index (κ2) is 11.9. The number of pyridine rings is 1. The molecular weight excluding hydrogens is 538 g/mol. The third kappa shape index (κ3) is 6.89. The van der Waals surface area contributed by atoms with Crippen LogP contribution in [0.5, 0.6) is 5.88 Å². The van der Waals surface area contributed by atoms with Gasteiger partial charge in [-0.05, 0) is 64.8 Å². The van der Waals surface area contributed by atoms with Crippen LogP contribution in [0.1, 0.15) is 67.0 Å². The molecule has 1 saturated carbocycles. The van der Waals surface area contributed by atoms with Crippen molar-refractivity contribution in [2.45, 2.75) is 62.8 Å². The number of carbonyl (C=O) groups is 1. The Morgan fingerprint density at radius 2 is 2.05 bits per heavy atom. The smallest absolute Gasteiger partial charge is 0.280 e. The van der Waals surface area contributed by atoms with Crippen molar-refractivity contribution in [2.75, 3.05) is 24.9 Å². The standard InChI is InChI=1S/C26H33N7O4S2/c1-3-37-24-16-27-14-22(30-24)23-15-29-26(38-23)25(34)31-21(13-18-6-4-5-11-33(18)2)20-12-17(9-10-28-20)32-39(35,36)19-7-8-19/h9-10,12,14-16,18-19,21H,3-8,11,13H2,1-2H3,(H,28,32)(H,31,34)/t18?,21-/m0/s1. The Balaban J connectivity index is 1.36. The number of piperidine rings is 1. The molecule has 0 aromatic carbocycles. The molecule has 1 amide bonds. The maximum atomic E-state index is 13.4. The topological polar surface area (TPSA) is 139 Å². The fraction of sp³-hybridized carbons (Fsp3) is 0.500. The first-order valence-electron chi connectivity index (χ1n) is 13.2. The van der Waals surface area contributed by atoms with E-state index in [2.05, 4.69) is 41.9 Å². The van der Waals surface area contributed by atoms with E-state index >= 15 is 0 Å². The van der Waals surface area contributed by atoms with Crippen molar-refractivity contribution < 1.29 is 17.9 Å². The normalized spacial score (nSPS) is 18.9. The maximum Gasteiger partial charge on any atom is 0.280 e. The van der Waals surface area contributed by atoms with Gasteiger partial charge in [-0.2, -0.15) is 0 Å². The van der Waals surface area contributed by atoms with Crippen LogP contribution in [0.25, 0.3) is 10.6 Å². The molecule has 0 spiro atoms. The molecule has 0 radical (unpaired) electrons. The molecule has 1 aliphatic heterocycles. The van der Waals surface area contributed by atoms with E-state index in [-0.39, 0.29) is 17.2 Å². The predicted molar refractivity (Wildman–Crippen MR) is 149 cm³/mol. The molecule has 4 heterocycles. The molecule has 11 nitrogen and oxygen atoms in total. The average molecular weight is 572 g/mol. The Kier molecular flexibility index (Phi) is 8.38. The highest BCUT2D eigenvalue weighted by Gasteiger charge is 2.36. The number of sulfonamides is 1. The van der Waals surface area contributed by atoms with E-state index in [1.807, 2.05) is 6.92 Å². The van der Waals surface area contributed by atoms with Crippen LogP contribution in [-0.2, 0) is 10.0 Å². The number of nitrogens with zero attached hydrogens (tertiary/aromatic N) is 5. The lowest BCUT2D eigenvalue weighted by Gasteiger charge is -2.35. The van der Waals surface area contributed by atoms with E-state index in [0.717, 1.165) is 25.8 Å². The van der Waals surface area contributed by atoms with Gasteiger partial charge >= 0.3 is 0 Å². The zero-order valence-electron chi connectivity index (χ0n) is 22.0. The van der Waals surface area contributed by atoms with Crippen molar-refractivity contribution in [3.63, 3.8) is 0 Å². The number of likely N-dealkylation sites (tertiary alicyclic amines) is 1. The molecule has 1 saturated heterocycles. The number of nitrogens with one attached hydrogen (secondary N) is 2. The quantitative estimate of drug-likeness (QED) is 0.353. The fourth-order valence-electron chi connectivity index (χ4n) is 4.70. The minimum atomic E-state index is -3.42. The van der Waals surface area contributed by atoms with Crippen LogP contribution in [0.2, 0.25) is 0 Å². The molecule has 13 heteroatoms. The zero-order chi connectivity index (χ0) is 27.4.